The van der Waals surface area contributed by atoms with Crippen LogP contribution in [0.4, 0.5) is 17.1 Å². The molecule has 1 heterocycles. The van der Waals surface area contributed by atoms with Crippen molar-refractivity contribution in [2.75, 3.05) is 17.2 Å². The van der Waals surface area contributed by atoms with E-state index in [4.69, 9.17) is 0 Å². The molecule has 1 aliphatic rings. The van der Waals surface area contributed by atoms with Crippen molar-refractivity contribution < 1.29 is 9.59 Å². The van der Waals surface area contributed by atoms with Crippen LogP contribution >= 0.6 is 0 Å². The van der Waals surface area contributed by atoms with Crippen molar-refractivity contribution in [3.8, 4) is 0 Å². The lowest BCUT2D eigenvalue weighted by Gasteiger charge is -2.29. The molecule has 0 aliphatic carbocycles. The second-order valence-electron chi connectivity index (χ2n) is 6.94. The van der Waals surface area contributed by atoms with Gasteiger partial charge in [0.05, 0.1) is 0 Å². The van der Waals surface area contributed by atoms with Crippen LogP contribution in [-0.4, -0.2) is 29.3 Å². The van der Waals surface area contributed by atoms with Crippen LogP contribution in [0.2, 0.25) is 0 Å². The van der Waals surface area contributed by atoms with Crippen LogP contribution in [0.3, 0.4) is 0 Å². The van der Waals surface area contributed by atoms with E-state index in [1.807, 2.05) is 68.4 Å². The van der Waals surface area contributed by atoms with E-state index in [-0.39, 0.29) is 17.7 Å². The number of anilines is 3. The number of rotatable bonds is 6. The van der Waals surface area contributed by atoms with Gasteiger partial charge in [0.15, 0.2) is 0 Å². The van der Waals surface area contributed by atoms with Gasteiger partial charge >= 0.3 is 0 Å². The SMILES string of the molecule is CC(C)C(C(=O)Nc1ccc(Nc2ccccc2)cc1)N1CCCC1=O. The topological polar surface area (TPSA) is 61.4 Å². The van der Waals surface area contributed by atoms with Crippen LogP contribution in [0.1, 0.15) is 26.7 Å². The molecular formula is C21H25N3O2. The first-order chi connectivity index (χ1) is 12.5. The Hall–Kier alpha value is -2.82. The summed E-state index contributed by atoms with van der Waals surface area (Å²) in [6, 6.07) is 17.1. The average Bonchev–Trinajstić information content (AvgIpc) is 3.03. The zero-order valence-electron chi connectivity index (χ0n) is 15.2. The maximum absolute atomic E-state index is 12.7. The highest BCUT2D eigenvalue weighted by atomic mass is 16.2. The number of hydrogen-bond donors (Lipinski definition) is 2. The Morgan fingerprint density at radius 3 is 2.15 bits per heavy atom. The second-order valence-corrected chi connectivity index (χ2v) is 6.94. The van der Waals surface area contributed by atoms with Crippen molar-refractivity contribution in [1.29, 1.82) is 0 Å². The first kappa shape index (κ1) is 18.0. The molecule has 26 heavy (non-hydrogen) atoms. The number of amides is 2. The smallest absolute Gasteiger partial charge is 0.247 e. The number of carbonyl (C=O) groups excluding carboxylic acids is 2. The minimum absolute atomic E-state index is 0.0658. The van der Waals surface area contributed by atoms with Gasteiger partial charge in [0.25, 0.3) is 0 Å². The fourth-order valence-corrected chi connectivity index (χ4v) is 3.31. The highest BCUT2D eigenvalue weighted by Gasteiger charge is 2.34. The van der Waals surface area contributed by atoms with Gasteiger partial charge in [-0.1, -0.05) is 32.0 Å². The first-order valence-corrected chi connectivity index (χ1v) is 9.07. The first-order valence-electron chi connectivity index (χ1n) is 9.07. The van der Waals surface area contributed by atoms with Gasteiger partial charge in [-0.05, 0) is 48.7 Å². The van der Waals surface area contributed by atoms with Crippen LogP contribution in [0.15, 0.2) is 54.6 Å². The molecule has 2 N–H and O–H groups in total. The van der Waals surface area contributed by atoms with E-state index >= 15 is 0 Å². The van der Waals surface area contributed by atoms with Gasteiger partial charge in [-0.2, -0.15) is 0 Å². The summed E-state index contributed by atoms with van der Waals surface area (Å²) in [5.41, 5.74) is 2.69. The number of para-hydroxylation sites is 1. The minimum atomic E-state index is -0.424. The Bertz CT molecular complexity index is 757. The summed E-state index contributed by atoms with van der Waals surface area (Å²) >= 11 is 0. The third-order valence-corrected chi connectivity index (χ3v) is 4.56. The van der Waals surface area contributed by atoms with Crippen molar-refractivity contribution in [3.63, 3.8) is 0 Å². The zero-order valence-corrected chi connectivity index (χ0v) is 15.2. The summed E-state index contributed by atoms with van der Waals surface area (Å²) < 4.78 is 0. The molecule has 2 aromatic carbocycles. The Labute approximate surface area is 154 Å². The van der Waals surface area contributed by atoms with E-state index in [0.29, 0.717) is 13.0 Å². The number of nitrogens with zero attached hydrogens (tertiary/aromatic N) is 1. The number of benzene rings is 2. The van der Waals surface area contributed by atoms with Gasteiger partial charge in [0.2, 0.25) is 11.8 Å². The fourth-order valence-electron chi connectivity index (χ4n) is 3.31. The number of likely N-dealkylation sites (tertiary alicyclic amines) is 1. The van der Waals surface area contributed by atoms with Crippen LogP contribution in [0, 0.1) is 5.92 Å². The zero-order chi connectivity index (χ0) is 18.5. The number of hydrogen-bond acceptors (Lipinski definition) is 3. The Morgan fingerprint density at radius 1 is 0.962 bits per heavy atom. The summed E-state index contributed by atoms with van der Waals surface area (Å²) in [5.74, 6) is 0.0105. The van der Waals surface area contributed by atoms with Gasteiger partial charge in [-0.3, -0.25) is 9.59 Å². The lowest BCUT2D eigenvalue weighted by Crippen LogP contribution is -2.47. The summed E-state index contributed by atoms with van der Waals surface area (Å²) in [5, 5.41) is 6.26. The predicted octanol–water partition coefficient (Wildman–Crippen LogP) is 4.02. The molecule has 5 heteroatoms. The maximum atomic E-state index is 12.7. The molecule has 1 saturated heterocycles. The summed E-state index contributed by atoms with van der Waals surface area (Å²) in [6.45, 7) is 4.61. The van der Waals surface area contributed by atoms with E-state index < -0.39 is 6.04 Å². The molecule has 1 atom stereocenters. The molecule has 1 aliphatic heterocycles. The molecule has 0 aromatic heterocycles. The minimum Gasteiger partial charge on any atom is -0.356 e. The molecule has 2 aromatic rings. The quantitative estimate of drug-likeness (QED) is 0.826. The van der Waals surface area contributed by atoms with E-state index in [1.54, 1.807) is 4.90 Å². The highest BCUT2D eigenvalue weighted by Crippen LogP contribution is 2.22. The molecule has 1 unspecified atom stereocenters. The molecule has 0 spiro atoms. The molecule has 3 rings (SSSR count). The van der Waals surface area contributed by atoms with Gasteiger partial charge in [0, 0.05) is 30.0 Å². The van der Waals surface area contributed by atoms with Crippen molar-refractivity contribution >= 4 is 28.9 Å². The normalized spacial score (nSPS) is 15.2. The molecular weight excluding hydrogens is 326 g/mol. The number of nitrogens with one attached hydrogen (secondary N) is 2. The molecule has 0 radical (unpaired) electrons. The standard InChI is InChI=1S/C21H25N3O2/c1-15(2)20(24-14-6-9-19(24)25)21(26)23-18-12-10-17(11-13-18)22-16-7-4-3-5-8-16/h3-5,7-8,10-13,15,20,22H,6,9,14H2,1-2H3,(H,23,26). The summed E-state index contributed by atoms with van der Waals surface area (Å²) in [6.07, 6.45) is 1.37. The third kappa shape index (κ3) is 4.23. The molecule has 0 bridgehead atoms. The highest BCUT2D eigenvalue weighted by molar-refractivity contribution is 5.97. The van der Waals surface area contributed by atoms with E-state index in [1.165, 1.54) is 0 Å². The second kappa shape index (κ2) is 8.04. The van der Waals surface area contributed by atoms with Crippen LogP contribution in [0.5, 0.6) is 0 Å². The van der Waals surface area contributed by atoms with Crippen molar-refractivity contribution in [1.82, 2.24) is 4.90 Å². The summed E-state index contributed by atoms with van der Waals surface area (Å²) in [4.78, 5) is 26.5. The third-order valence-electron chi connectivity index (χ3n) is 4.56. The van der Waals surface area contributed by atoms with Gasteiger partial charge < -0.3 is 15.5 Å². The van der Waals surface area contributed by atoms with E-state index in [2.05, 4.69) is 10.6 Å². The van der Waals surface area contributed by atoms with Crippen molar-refractivity contribution in [3.05, 3.63) is 54.6 Å². The van der Waals surface area contributed by atoms with Gasteiger partial charge in [-0.15, -0.1) is 0 Å². The van der Waals surface area contributed by atoms with Crippen LogP contribution in [0.25, 0.3) is 0 Å². The Balaban J connectivity index is 1.65. The maximum Gasteiger partial charge on any atom is 0.247 e. The molecule has 136 valence electrons. The average molecular weight is 351 g/mol. The lowest BCUT2D eigenvalue weighted by molar-refractivity contribution is -0.136. The molecule has 1 fully saturated rings. The van der Waals surface area contributed by atoms with E-state index in [0.717, 1.165) is 23.5 Å². The Morgan fingerprint density at radius 2 is 1.58 bits per heavy atom. The monoisotopic (exact) mass is 351 g/mol. The van der Waals surface area contributed by atoms with Gasteiger partial charge in [0.1, 0.15) is 6.04 Å². The van der Waals surface area contributed by atoms with Crippen molar-refractivity contribution in [2.24, 2.45) is 5.92 Å². The molecule has 5 nitrogen and oxygen atoms in total. The van der Waals surface area contributed by atoms with E-state index in [9.17, 15) is 9.59 Å². The molecule has 2 amide bonds. The number of carbonyl (C=O) groups is 2. The van der Waals surface area contributed by atoms with Crippen molar-refractivity contribution in [2.45, 2.75) is 32.7 Å². The Kier molecular flexibility index (Phi) is 5.56. The van der Waals surface area contributed by atoms with Crippen LogP contribution in [-0.2, 0) is 9.59 Å². The summed E-state index contributed by atoms with van der Waals surface area (Å²) in [7, 11) is 0. The largest absolute Gasteiger partial charge is 0.356 e. The lowest BCUT2D eigenvalue weighted by atomic mass is 10.0. The van der Waals surface area contributed by atoms with Crippen LogP contribution < -0.4 is 10.6 Å². The van der Waals surface area contributed by atoms with Gasteiger partial charge in [-0.25, -0.2) is 0 Å². The predicted molar refractivity (Wildman–Crippen MR) is 104 cm³/mol. The molecule has 0 saturated carbocycles. The fraction of sp³-hybridized carbons (Fsp3) is 0.333.